The Morgan fingerprint density at radius 1 is 1.07 bits per heavy atom. The average molecular weight is 389 g/mol. The van der Waals surface area contributed by atoms with Crippen LogP contribution in [0.15, 0.2) is 46.9 Å². The number of rotatable bonds is 8. The quantitative estimate of drug-likeness (QED) is 0.651. The first kappa shape index (κ1) is 21.2. The van der Waals surface area contributed by atoms with Gasteiger partial charge in [0.1, 0.15) is 11.5 Å². The van der Waals surface area contributed by atoms with Crippen molar-refractivity contribution in [1.29, 1.82) is 0 Å². The predicted molar refractivity (Wildman–Crippen MR) is 109 cm³/mol. The van der Waals surface area contributed by atoms with Crippen molar-refractivity contribution in [2.75, 3.05) is 19.8 Å². The minimum absolute atomic E-state index is 0.232. The van der Waals surface area contributed by atoms with Crippen molar-refractivity contribution in [2.45, 2.75) is 39.4 Å². The van der Waals surface area contributed by atoms with E-state index in [0.717, 1.165) is 17.7 Å². The van der Waals surface area contributed by atoms with Gasteiger partial charge in [0.25, 0.3) is 0 Å². The van der Waals surface area contributed by atoms with E-state index in [9.17, 15) is 8.42 Å². The monoisotopic (exact) mass is 388 g/mol. The highest BCUT2D eigenvalue weighted by atomic mass is 32.2. The van der Waals surface area contributed by atoms with Crippen LogP contribution >= 0.6 is 0 Å². The molecule has 0 N–H and O–H groups in total. The molecule has 27 heavy (non-hydrogen) atoms. The van der Waals surface area contributed by atoms with Crippen LogP contribution in [0.4, 0.5) is 0 Å². The molecule has 0 aliphatic rings. The summed E-state index contributed by atoms with van der Waals surface area (Å²) in [6.07, 6.45) is 2.20. The summed E-state index contributed by atoms with van der Waals surface area (Å²) in [5.74, 6) is 7.89. The molecule has 0 saturated carbocycles. The minimum atomic E-state index is -3.23. The molecule has 0 unspecified atom stereocenters. The first-order valence-corrected chi connectivity index (χ1v) is 10.9. The number of furan rings is 1. The van der Waals surface area contributed by atoms with E-state index in [2.05, 4.69) is 30.6 Å². The summed E-state index contributed by atoms with van der Waals surface area (Å²) in [4.78, 5) is 2.26. The van der Waals surface area contributed by atoms with E-state index in [1.165, 1.54) is 10.6 Å². The predicted octanol–water partition coefficient (Wildman–Crippen LogP) is 3.32. The summed E-state index contributed by atoms with van der Waals surface area (Å²) in [6, 6.07) is 14.0. The zero-order valence-electron chi connectivity index (χ0n) is 16.5. The summed E-state index contributed by atoms with van der Waals surface area (Å²) in [5, 5.41) is 0. The SMILES string of the molecule is CC[C@@H](C)N(CC#Cc1ccccc1)Cc1ccc(CN(C)S(C)(=O)=O)o1. The van der Waals surface area contributed by atoms with Crippen LogP contribution in [0.5, 0.6) is 0 Å². The Kier molecular flexibility index (Phi) is 7.66. The molecule has 0 aliphatic heterocycles. The molecule has 1 aromatic heterocycles. The van der Waals surface area contributed by atoms with Gasteiger partial charge in [0.2, 0.25) is 10.0 Å². The summed E-state index contributed by atoms with van der Waals surface area (Å²) in [7, 11) is -1.68. The number of hydrogen-bond donors (Lipinski definition) is 0. The van der Waals surface area contributed by atoms with Gasteiger partial charge in [-0.3, -0.25) is 4.90 Å². The maximum absolute atomic E-state index is 11.5. The third kappa shape index (κ3) is 6.87. The van der Waals surface area contributed by atoms with E-state index >= 15 is 0 Å². The van der Waals surface area contributed by atoms with Gasteiger partial charge in [0.05, 0.1) is 25.9 Å². The average Bonchev–Trinajstić information content (AvgIpc) is 3.07. The van der Waals surface area contributed by atoms with Crippen LogP contribution in [-0.2, 0) is 23.1 Å². The number of sulfonamides is 1. The minimum Gasteiger partial charge on any atom is -0.463 e. The molecular weight excluding hydrogens is 360 g/mol. The van der Waals surface area contributed by atoms with E-state index in [0.29, 0.717) is 24.9 Å². The second-order valence-electron chi connectivity index (χ2n) is 6.72. The zero-order chi connectivity index (χ0) is 19.9. The topological polar surface area (TPSA) is 53.8 Å². The Bertz CT molecular complexity index is 879. The van der Waals surface area contributed by atoms with Gasteiger partial charge in [-0.05, 0) is 37.6 Å². The molecule has 0 spiro atoms. The Labute approximate surface area is 163 Å². The lowest BCUT2D eigenvalue weighted by Crippen LogP contribution is -2.32. The van der Waals surface area contributed by atoms with Gasteiger partial charge >= 0.3 is 0 Å². The Hall–Kier alpha value is -2.07. The molecule has 146 valence electrons. The number of hydrogen-bond acceptors (Lipinski definition) is 4. The van der Waals surface area contributed by atoms with Crippen LogP contribution in [-0.4, -0.2) is 43.5 Å². The van der Waals surface area contributed by atoms with E-state index < -0.39 is 10.0 Å². The maximum atomic E-state index is 11.5. The van der Waals surface area contributed by atoms with Gasteiger partial charge < -0.3 is 4.42 Å². The molecule has 0 fully saturated rings. The summed E-state index contributed by atoms with van der Waals surface area (Å²) >= 11 is 0. The summed E-state index contributed by atoms with van der Waals surface area (Å²) in [5.41, 5.74) is 1.01. The van der Waals surface area contributed by atoms with Crippen LogP contribution < -0.4 is 0 Å². The summed E-state index contributed by atoms with van der Waals surface area (Å²) in [6.45, 7) is 5.84. The standard InChI is InChI=1S/C21H28N2O3S/c1-5-18(2)23(15-9-12-19-10-7-6-8-11-19)17-21-14-13-20(26-21)16-22(3)27(4,24)25/h6-8,10-11,13-14,18H,5,15-17H2,1-4H3/t18-/m1/s1. The zero-order valence-corrected chi connectivity index (χ0v) is 17.3. The van der Waals surface area contributed by atoms with Crippen LogP contribution in [0.3, 0.4) is 0 Å². The van der Waals surface area contributed by atoms with E-state index in [4.69, 9.17) is 4.42 Å². The lowest BCUT2D eigenvalue weighted by atomic mass is 10.2. The van der Waals surface area contributed by atoms with Crippen molar-refractivity contribution in [3.8, 4) is 11.8 Å². The second-order valence-corrected chi connectivity index (χ2v) is 8.81. The third-order valence-corrected chi connectivity index (χ3v) is 5.79. The third-order valence-electron chi connectivity index (χ3n) is 4.52. The van der Waals surface area contributed by atoms with Crippen LogP contribution in [0, 0.1) is 11.8 Å². The Balaban J connectivity index is 2.03. The van der Waals surface area contributed by atoms with Crippen LogP contribution in [0.25, 0.3) is 0 Å². The van der Waals surface area contributed by atoms with E-state index in [-0.39, 0.29) is 6.54 Å². The van der Waals surface area contributed by atoms with Crippen molar-refractivity contribution in [2.24, 2.45) is 0 Å². The molecule has 5 nitrogen and oxygen atoms in total. The molecule has 1 atom stereocenters. The normalized spacial score (nSPS) is 12.8. The maximum Gasteiger partial charge on any atom is 0.211 e. The molecule has 0 amide bonds. The Morgan fingerprint density at radius 3 is 2.30 bits per heavy atom. The summed E-state index contributed by atoms with van der Waals surface area (Å²) < 4.78 is 30.2. The number of nitrogens with zero attached hydrogens (tertiary/aromatic N) is 2. The van der Waals surface area contributed by atoms with Crippen molar-refractivity contribution in [1.82, 2.24) is 9.21 Å². The molecule has 0 bridgehead atoms. The largest absolute Gasteiger partial charge is 0.463 e. The Morgan fingerprint density at radius 2 is 1.70 bits per heavy atom. The van der Waals surface area contributed by atoms with E-state index in [1.807, 2.05) is 42.5 Å². The fourth-order valence-corrected chi connectivity index (χ4v) is 2.88. The van der Waals surface area contributed by atoms with Gasteiger partial charge in [-0.25, -0.2) is 8.42 Å². The molecule has 0 saturated heterocycles. The first-order chi connectivity index (χ1) is 12.8. The van der Waals surface area contributed by atoms with E-state index in [1.54, 1.807) is 7.05 Å². The molecule has 2 aromatic rings. The molecule has 0 radical (unpaired) electrons. The lowest BCUT2D eigenvalue weighted by molar-refractivity contribution is 0.201. The lowest BCUT2D eigenvalue weighted by Gasteiger charge is -2.25. The highest BCUT2D eigenvalue weighted by Crippen LogP contribution is 2.15. The van der Waals surface area contributed by atoms with Crippen molar-refractivity contribution in [3.63, 3.8) is 0 Å². The molecule has 2 rings (SSSR count). The van der Waals surface area contributed by atoms with Crippen molar-refractivity contribution >= 4 is 10.0 Å². The van der Waals surface area contributed by atoms with Crippen molar-refractivity contribution < 1.29 is 12.8 Å². The fourth-order valence-electron chi connectivity index (χ4n) is 2.52. The van der Waals surface area contributed by atoms with Gasteiger partial charge in [-0.1, -0.05) is 37.0 Å². The van der Waals surface area contributed by atoms with Crippen LogP contribution in [0.2, 0.25) is 0 Å². The first-order valence-electron chi connectivity index (χ1n) is 9.06. The molecule has 0 aliphatic carbocycles. The number of benzene rings is 1. The van der Waals surface area contributed by atoms with Gasteiger partial charge in [0.15, 0.2) is 0 Å². The van der Waals surface area contributed by atoms with Gasteiger partial charge in [0, 0.05) is 18.7 Å². The smallest absolute Gasteiger partial charge is 0.211 e. The van der Waals surface area contributed by atoms with Crippen molar-refractivity contribution in [3.05, 3.63) is 59.5 Å². The molecule has 1 aromatic carbocycles. The molecule has 1 heterocycles. The second kappa shape index (κ2) is 9.75. The van der Waals surface area contributed by atoms with Gasteiger partial charge in [-0.15, -0.1) is 0 Å². The highest BCUT2D eigenvalue weighted by Gasteiger charge is 2.16. The molecule has 6 heteroatoms. The molecular formula is C21H28N2O3S. The fraction of sp³-hybridized carbons (Fsp3) is 0.429. The highest BCUT2D eigenvalue weighted by molar-refractivity contribution is 7.88. The van der Waals surface area contributed by atoms with Gasteiger partial charge in [-0.2, -0.15) is 4.31 Å². The van der Waals surface area contributed by atoms with Crippen LogP contribution in [0.1, 0.15) is 37.4 Å².